The molecular weight excluding hydrogens is 256 g/mol. The Morgan fingerprint density at radius 3 is 1.85 bits per heavy atom. The highest BCUT2D eigenvalue weighted by Crippen LogP contribution is 2.11. The molecule has 0 aromatic carbocycles. The van der Waals surface area contributed by atoms with Gasteiger partial charge in [-0.1, -0.05) is 51.4 Å². The summed E-state index contributed by atoms with van der Waals surface area (Å²) in [4.78, 5) is 20.8. The average Bonchev–Trinajstić information content (AvgIpc) is 2.44. The second kappa shape index (κ2) is 16.0. The Morgan fingerprint density at radius 1 is 0.850 bits per heavy atom. The lowest BCUT2D eigenvalue weighted by Gasteiger charge is -2.03. The van der Waals surface area contributed by atoms with Crippen molar-refractivity contribution in [2.24, 2.45) is 0 Å². The molecule has 0 aromatic heterocycles. The van der Waals surface area contributed by atoms with Gasteiger partial charge in [0.15, 0.2) is 0 Å². The number of esters is 1. The van der Waals surface area contributed by atoms with E-state index in [1.54, 1.807) is 0 Å². The van der Waals surface area contributed by atoms with E-state index in [1.165, 1.54) is 45.0 Å². The minimum Gasteiger partial charge on any atom is -0.466 e. The van der Waals surface area contributed by atoms with E-state index in [9.17, 15) is 9.59 Å². The molecule has 20 heavy (non-hydrogen) atoms. The maximum atomic E-state index is 11.1. The van der Waals surface area contributed by atoms with Crippen molar-refractivity contribution < 1.29 is 19.1 Å². The summed E-state index contributed by atoms with van der Waals surface area (Å²) >= 11 is 0. The number of hydrogen-bond acceptors (Lipinski definition) is 4. The third-order valence-corrected chi connectivity index (χ3v) is 3.20. The number of unbranched alkanes of at least 4 members (excludes halogenated alkanes) is 9. The Hall–Kier alpha value is -1.06. The van der Waals surface area contributed by atoms with E-state index in [0.717, 1.165) is 25.7 Å². The van der Waals surface area contributed by atoms with Gasteiger partial charge in [-0.3, -0.25) is 4.79 Å². The van der Waals surface area contributed by atoms with Gasteiger partial charge in [0.1, 0.15) is 0 Å². The van der Waals surface area contributed by atoms with E-state index in [-0.39, 0.29) is 12.6 Å². The lowest BCUT2D eigenvalue weighted by atomic mass is 10.1. The van der Waals surface area contributed by atoms with Crippen LogP contribution in [0.3, 0.4) is 0 Å². The summed E-state index contributed by atoms with van der Waals surface area (Å²) in [6, 6.07) is 0. The van der Waals surface area contributed by atoms with Gasteiger partial charge in [0.05, 0.1) is 13.2 Å². The van der Waals surface area contributed by atoms with Crippen LogP contribution in [0.15, 0.2) is 0 Å². The predicted molar refractivity (Wildman–Crippen MR) is 78.7 cm³/mol. The Labute approximate surface area is 123 Å². The fourth-order valence-corrected chi connectivity index (χ4v) is 2.09. The molecule has 0 aliphatic heterocycles. The molecule has 0 rings (SSSR count). The van der Waals surface area contributed by atoms with Gasteiger partial charge in [0.25, 0.3) is 0 Å². The van der Waals surface area contributed by atoms with Gasteiger partial charge in [0, 0.05) is 6.42 Å². The first-order valence-corrected chi connectivity index (χ1v) is 7.75. The lowest BCUT2D eigenvalue weighted by molar-refractivity contribution is -0.142. The van der Waals surface area contributed by atoms with Gasteiger partial charge in [-0.2, -0.15) is 0 Å². The van der Waals surface area contributed by atoms with Crippen LogP contribution in [0.25, 0.3) is 0 Å². The lowest BCUT2D eigenvalue weighted by Crippen LogP contribution is -2.03. The fraction of sp³-hybridized carbons (Fsp3) is 0.812. The largest absolute Gasteiger partial charge is 0.466 e. The second-order valence-corrected chi connectivity index (χ2v) is 4.94. The molecule has 0 heterocycles. The first-order chi connectivity index (χ1) is 9.81. The van der Waals surface area contributed by atoms with Crippen molar-refractivity contribution in [1.29, 1.82) is 0 Å². The normalized spacial score (nSPS) is 10.2. The van der Waals surface area contributed by atoms with Crippen LogP contribution < -0.4 is 0 Å². The Morgan fingerprint density at radius 2 is 1.35 bits per heavy atom. The van der Waals surface area contributed by atoms with E-state index in [2.05, 4.69) is 11.7 Å². The van der Waals surface area contributed by atoms with Crippen LogP contribution in [0.1, 0.15) is 70.6 Å². The zero-order chi connectivity index (χ0) is 14.9. The minimum absolute atomic E-state index is 0.129. The summed E-state index contributed by atoms with van der Waals surface area (Å²) in [6.45, 7) is 5.64. The van der Waals surface area contributed by atoms with Gasteiger partial charge in [-0.25, -0.2) is 4.79 Å². The van der Waals surface area contributed by atoms with Gasteiger partial charge < -0.3 is 9.47 Å². The van der Waals surface area contributed by atoms with Gasteiger partial charge in [0.2, 0.25) is 0 Å². The quantitative estimate of drug-likeness (QED) is 0.339. The van der Waals surface area contributed by atoms with E-state index in [4.69, 9.17) is 4.74 Å². The van der Waals surface area contributed by atoms with Crippen LogP contribution >= 0.6 is 0 Å². The zero-order valence-electron chi connectivity index (χ0n) is 12.5. The molecule has 0 aliphatic carbocycles. The number of hydrogen-bond donors (Lipinski definition) is 0. The molecule has 0 aromatic rings. The summed E-state index contributed by atoms with van der Waals surface area (Å²) in [7, 11) is 0. The summed E-state index contributed by atoms with van der Waals surface area (Å²) in [5.41, 5.74) is 0. The molecular formula is C16H28O4. The fourth-order valence-electron chi connectivity index (χ4n) is 2.09. The van der Waals surface area contributed by atoms with Crippen LogP contribution in [0.4, 0.5) is 0 Å². The van der Waals surface area contributed by atoms with Crippen LogP contribution in [-0.4, -0.2) is 25.7 Å². The van der Waals surface area contributed by atoms with Crippen LogP contribution in [0, 0.1) is 6.92 Å². The Kier molecular flexibility index (Phi) is 15.1. The monoisotopic (exact) mass is 284 g/mol. The second-order valence-electron chi connectivity index (χ2n) is 4.94. The molecule has 0 unspecified atom stereocenters. The molecule has 0 fully saturated rings. The number of ether oxygens (including phenoxy) is 2. The van der Waals surface area contributed by atoms with E-state index in [1.807, 2.05) is 0 Å². The van der Waals surface area contributed by atoms with Crippen molar-refractivity contribution in [3.05, 3.63) is 6.92 Å². The SMILES string of the molecule is [CH2]COC(=O)CCCCCCCCCCCCO[C]=O. The zero-order valence-corrected chi connectivity index (χ0v) is 12.5. The van der Waals surface area contributed by atoms with E-state index >= 15 is 0 Å². The maximum absolute atomic E-state index is 11.1. The van der Waals surface area contributed by atoms with Crippen LogP contribution in [0.2, 0.25) is 0 Å². The molecule has 0 bridgehead atoms. The Bertz CT molecular complexity index is 229. The van der Waals surface area contributed by atoms with Gasteiger partial charge >= 0.3 is 12.4 Å². The van der Waals surface area contributed by atoms with Gasteiger partial charge in [-0.05, 0) is 19.8 Å². The maximum Gasteiger partial charge on any atom is 0.417 e. The molecule has 0 atom stereocenters. The molecule has 0 amide bonds. The topological polar surface area (TPSA) is 52.6 Å². The molecule has 116 valence electrons. The molecule has 4 heteroatoms. The third kappa shape index (κ3) is 15.0. The smallest absolute Gasteiger partial charge is 0.417 e. The average molecular weight is 284 g/mol. The van der Waals surface area contributed by atoms with Crippen molar-refractivity contribution in [2.75, 3.05) is 13.2 Å². The first kappa shape index (κ1) is 18.9. The predicted octanol–water partition coefficient (Wildman–Crippen LogP) is 3.74. The summed E-state index contributed by atoms with van der Waals surface area (Å²) in [5, 5.41) is 0. The van der Waals surface area contributed by atoms with Crippen molar-refractivity contribution in [2.45, 2.75) is 70.6 Å². The molecule has 0 saturated carbocycles. The minimum atomic E-state index is -0.129. The van der Waals surface area contributed by atoms with Crippen molar-refractivity contribution in [3.8, 4) is 0 Å². The first-order valence-electron chi connectivity index (χ1n) is 7.75. The number of carbonyl (C=O) groups is 1. The van der Waals surface area contributed by atoms with Crippen molar-refractivity contribution >= 4 is 12.4 Å². The van der Waals surface area contributed by atoms with Crippen LogP contribution in [0.5, 0.6) is 0 Å². The molecule has 0 aliphatic rings. The van der Waals surface area contributed by atoms with Crippen LogP contribution in [-0.2, 0) is 19.1 Å². The number of rotatable bonds is 15. The van der Waals surface area contributed by atoms with Crippen molar-refractivity contribution in [1.82, 2.24) is 0 Å². The van der Waals surface area contributed by atoms with Crippen molar-refractivity contribution in [3.63, 3.8) is 0 Å². The molecule has 0 saturated heterocycles. The highest BCUT2D eigenvalue weighted by atomic mass is 16.5. The third-order valence-electron chi connectivity index (χ3n) is 3.20. The van der Waals surface area contributed by atoms with E-state index in [0.29, 0.717) is 13.0 Å². The molecule has 4 nitrogen and oxygen atoms in total. The van der Waals surface area contributed by atoms with E-state index < -0.39 is 0 Å². The standard InChI is InChI=1S/C16H28O4/c1-2-20-16(18)13-11-9-7-5-3-4-6-8-10-12-14-19-15-17/h1-14H2. The summed E-state index contributed by atoms with van der Waals surface area (Å²) < 4.78 is 9.28. The highest BCUT2D eigenvalue weighted by molar-refractivity contribution is 5.69. The molecule has 0 N–H and O–H groups in total. The molecule has 2 radical (unpaired) electrons. The Balaban J connectivity index is 3.02. The molecule has 0 spiro atoms. The number of carbonyl (C=O) groups excluding carboxylic acids is 2. The highest BCUT2D eigenvalue weighted by Gasteiger charge is 2.00. The summed E-state index contributed by atoms with van der Waals surface area (Å²) in [5.74, 6) is -0.129. The van der Waals surface area contributed by atoms with Gasteiger partial charge in [-0.15, -0.1) is 0 Å². The summed E-state index contributed by atoms with van der Waals surface area (Å²) in [6.07, 6.45) is 12.0.